The first-order chi connectivity index (χ1) is 16.0. The predicted molar refractivity (Wildman–Crippen MR) is 131 cm³/mol. The second-order valence-electron chi connectivity index (χ2n) is 8.23. The lowest BCUT2D eigenvalue weighted by Gasteiger charge is -2.13. The molecule has 0 aliphatic rings. The summed E-state index contributed by atoms with van der Waals surface area (Å²) in [6, 6.07) is 10.7. The highest BCUT2D eigenvalue weighted by atomic mass is 16.5. The SMILES string of the molecule is CCCCc1nc2c(N)nc3cc(CCOCCN)ccc3c2n1Cc1cc(O)ccc1O. The van der Waals surface area contributed by atoms with Gasteiger partial charge in [-0.1, -0.05) is 25.5 Å². The van der Waals surface area contributed by atoms with E-state index < -0.39 is 0 Å². The van der Waals surface area contributed by atoms with Crippen molar-refractivity contribution in [2.75, 3.05) is 25.5 Å². The number of ether oxygens (including phenoxy) is 1. The fraction of sp³-hybridized carbons (Fsp3) is 0.360. The second kappa shape index (κ2) is 10.1. The molecule has 0 fully saturated rings. The third-order valence-corrected chi connectivity index (χ3v) is 5.79. The molecule has 6 N–H and O–H groups in total. The van der Waals surface area contributed by atoms with Crippen molar-refractivity contribution in [3.8, 4) is 11.5 Å². The van der Waals surface area contributed by atoms with E-state index in [4.69, 9.17) is 21.2 Å². The normalized spacial score (nSPS) is 11.6. The molecule has 2 heterocycles. The number of anilines is 1. The van der Waals surface area contributed by atoms with Gasteiger partial charge in [-0.3, -0.25) is 0 Å². The fourth-order valence-electron chi connectivity index (χ4n) is 4.10. The van der Waals surface area contributed by atoms with Crippen LogP contribution >= 0.6 is 0 Å². The Morgan fingerprint density at radius 1 is 1.03 bits per heavy atom. The number of phenolic OH excluding ortho intramolecular Hbond substituents is 2. The lowest BCUT2D eigenvalue weighted by molar-refractivity contribution is 0.145. The topological polar surface area (TPSA) is 132 Å². The molecule has 4 rings (SSSR count). The molecule has 0 bridgehead atoms. The van der Waals surface area contributed by atoms with Gasteiger partial charge in [0.1, 0.15) is 22.8 Å². The van der Waals surface area contributed by atoms with Crippen LogP contribution in [0.5, 0.6) is 11.5 Å². The van der Waals surface area contributed by atoms with Gasteiger partial charge in [0.05, 0.1) is 30.8 Å². The Labute approximate surface area is 192 Å². The number of fused-ring (bicyclic) bond motifs is 3. The van der Waals surface area contributed by atoms with Crippen LogP contribution in [0.3, 0.4) is 0 Å². The molecule has 0 aliphatic heterocycles. The first kappa shape index (κ1) is 22.8. The van der Waals surface area contributed by atoms with E-state index in [0.29, 0.717) is 43.2 Å². The Bertz CT molecular complexity index is 1270. The summed E-state index contributed by atoms with van der Waals surface area (Å²) in [6.07, 6.45) is 3.55. The number of aromatic hydroxyl groups is 2. The van der Waals surface area contributed by atoms with Crippen molar-refractivity contribution < 1.29 is 14.9 Å². The number of aromatic nitrogens is 3. The van der Waals surface area contributed by atoms with Gasteiger partial charge in [-0.05, 0) is 42.7 Å². The third-order valence-electron chi connectivity index (χ3n) is 5.79. The molecule has 2 aromatic carbocycles. The monoisotopic (exact) mass is 449 g/mol. The molecule has 0 unspecified atom stereocenters. The van der Waals surface area contributed by atoms with E-state index in [2.05, 4.69) is 22.5 Å². The molecular formula is C25H31N5O3. The Hall–Kier alpha value is -3.36. The highest BCUT2D eigenvalue weighted by Crippen LogP contribution is 2.32. The number of unbranched alkanes of at least 4 members (excludes halogenated alkanes) is 1. The van der Waals surface area contributed by atoms with Crippen LogP contribution in [0.4, 0.5) is 5.82 Å². The molecule has 8 heteroatoms. The number of nitrogens with zero attached hydrogens (tertiary/aromatic N) is 3. The average molecular weight is 450 g/mol. The zero-order valence-corrected chi connectivity index (χ0v) is 18.9. The zero-order valence-electron chi connectivity index (χ0n) is 18.9. The Morgan fingerprint density at radius 2 is 1.88 bits per heavy atom. The van der Waals surface area contributed by atoms with Crippen molar-refractivity contribution in [2.24, 2.45) is 5.73 Å². The average Bonchev–Trinajstić information content (AvgIpc) is 3.16. The number of benzene rings is 2. The van der Waals surface area contributed by atoms with Gasteiger partial charge in [0.15, 0.2) is 5.82 Å². The van der Waals surface area contributed by atoms with Gasteiger partial charge in [-0.15, -0.1) is 0 Å². The number of rotatable bonds is 10. The van der Waals surface area contributed by atoms with Crippen LogP contribution in [0, 0.1) is 0 Å². The van der Waals surface area contributed by atoms with Crippen molar-refractivity contribution in [2.45, 2.75) is 39.2 Å². The number of aryl methyl sites for hydroxylation is 1. The second-order valence-corrected chi connectivity index (χ2v) is 8.23. The van der Waals surface area contributed by atoms with Crippen LogP contribution in [0.15, 0.2) is 36.4 Å². The van der Waals surface area contributed by atoms with Crippen LogP contribution in [-0.4, -0.2) is 44.5 Å². The van der Waals surface area contributed by atoms with Gasteiger partial charge in [-0.2, -0.15) is 0 Å². The van der Waals surface area contributed by atoms with E-state index in [1.165, 1.54) is 12.1 Å². The Balaban J connectivity index is 1.83. The van der Waals surface area contributed by atoms with Crippen LogP contribution < -0.4 is 11.5 Å². The molecule has 4 aromatic rings. The maximum Gasteiger partial charge on any atom is 0.152 e. The quantitative estimate of drug-likeness (QED) is 0.215. The van der Waals surface area contributed by atoms with Gasteiger partial charge in [-0.25, -0.2) is 9.97 Å². The molecule has 0 saturated carbocycles. The number of imidazole rings is 1. The minimum Gasteiger partial charge on any atom is -0.508 e. The summed E-state index contributed by atoms with van der Waals surface area (Å²) in [6.45, 7) is 4.14. The summed E-state index contributed by atoms with van der Waals surface area (Å²) in [5.74, 6) is 1.50. The van der Waals surface area contributed by atoms with E-state index in [-0.39, 0.29) is 11.5 Å². The minimum absolute atomic E-state index is 0.106. The lowest BCUT2D eigenvalue weighted by Crippen LogP contribution is -2.10. The van der Waals surface area contributed by atoms with Crippen molar-refractivity contribution in [1.82, 2.24) is 14.5 Å². The standard InChI is InChI=1S/C25H31N5O3/c1-2-3-4-22-29-23-24(30(22)15-17-14-18(31)6-8-21(17)32)19-7-5-16(9-11-33-12-10-26)13-20(19)28-25(23)27/h5-8,13-14,31-32H,2-4,9-12,15,26H2,1H3,(H2,27,28). The van der Waals surface area contributed by atoms with Gasteiger partial charge in [0.2, 0.25) is 0 Å². The molecule has 0 amide bonds. The summed E-state index contributed by atoms with van der Waals surface area (Å²) < 4.78 is 7.60. The van der Waals surface area contributed by atoms with Gasteiger partial charge in [0.25, 0.3) is 0 Å². The molecule has 174 valence electrons. The van der Waals surface area contributed by atoms with Crippen LogP contribution in [-0.2, 0) is 24.1 Å². The molecule has 8 nitrogen and oxygen atoms in total. The molecule has 33 heavy (non-hydrogen) atoms. The Kier molecular flexibility index (Phi) is 6.96. The molecular weight excluding hydrogens is 418 g/mol. The predicted octanol–water partition coefficient (Wildman–Crippen LogP) is 3.49. The summed E-state index contributed by atoms with van der Waals surface area (Å²) in [5.41, 5.74) is 15.9. The van der Waals surface area contributed by atoms with Gasteiger partial charge >= 0.3 is 0 Å². The zero-order chi connectivity index (χ0) is 23.4. The van der Waals surface area contributed by atoms with E-state index in [1.807, 2.05) is 12.1 Å². The van der Waals surface area contributed by atoms with Gasteiger partial charge < -0.3 is 31.0 Å². The number of pyridine rings is 1. The molecule has 0 spiro atoms. The van der Waals surface area contributed by atoms with E-state index >= 15 is 0 Å². The fourth-order valence-corrected chi connectivity index (χ4v) is 4.10. The van der Waals surface area contributed by atoms with Crippen molar-refractivity contribution in [3.05, 3.63) is 53.3 Å². The van der Waals surface area contributed by atoms with Gasteiger partial charge in [0, 0.05) is 23.9 Å². The summed E-state index contributed by atoms with van der Waals surface area (Å²) >= 11 is 0. The highest BCUT2D eigenvalue weighted by Gasteiger charge is 2.19. The third kappa shape index (κ3) is 4.86. The molecule has 0 atom stereocenters. The van der Waals surface area contributed by atoms with Crippen LogP contribution in [0.2, 0.25) is 0 Å². The largest absolute Gasteiger partial charge is 0.508 e. The lowest BCUT2D eigenvalue weighted by atomic mass is 10.1. The Morgan fingerprint density at radius 3 is 2.67 bits per heavy atom. The number of hydrogen-bond donors (Lipinski definition) is 4. The molecule has 0 saturated heterocycles. The maximum absolute atomic E-state index is 10.4. The number of phenols is 2. The smallest absolute Gasteiger partial charge is 0.152 e. The van der Waals surface area contributed by atoms with Crippen LogP contribution in [0.25, 0.3) is 21.9 Å². The van der Waals surface area contributed by atoms with Crippen LogP contribution in [0.1, 0.15) is 36.7 Å². The maximum atomic E-state index is 10.4. The summed E-state index contributed by atoms with van der Waals surface area (Å²) in [7, 11) is 0. The van der Waals surface area contributed by atoms with E-state index in [1.54, 1.807) is 6.07 Å². The number of nitrogens with two attached hydrogens (primary N) is 2. The molecule has 0 radical (unpaired) electrons. The molecule has 2 aromatic heterocycles. The van der Waals surface area contributed by atoms with Crippen molar-refractivity contribution in [3.63, 3.8) is 0 Å². The number of nitrogen functional groups attached to an aromatic ring is 1. The van der Waals surface area contributed by atoms with E-state index in [9.17, 15) is 10.2 Å². The number of hydrogen-bond acceptors (Lipinski definition) is 7. The summed E-state index contributed by atoms with van der Waals surface area (Å²) in [5, 5.41) is 21.3. The van der Waals surface area contributed by atoms with Crippen molar-refractivity contribution >= 4 is 27.8 Å². The van der Waals surface area contributed by atoms with E-state index in [0.717, 1.165) is 53.5 Å². The highest BCUT2D eigenvalue weighted by molar-refractivity contribution is 6.06. The molecule has 0 aliphatic carbocycles. The first-order valence-corrected chi connectivity index (χ1v) is 11.4. The first-order valence-electron chi connectivity index (χ1n) is 11.4. The summed E-state index contributed by atoms with van der Waals surface area (Å²) in [4.78, 5) is 9.47. The minimum atomic E-state index is 0.106. The van der Waals surface area contributed by atoms with Crippen molar-refractivity contribution in [1.29, 1.82) is 0 Å².